The van der Waals surface area contributed by atoms with Gasteiger partial charge in [0.1, 0.15) is 5.82 Å². The van der Waals surface area contributed by atoms with Gasteiger partial charge in [-0.05, 0) is 50.5 Å². The second kappa shape index (κ2) is 4.94. The van der Waals surface area contributed by atoms with Crippen LogP contribution in [0.1, 0.15) is 29.4 Å². The number of hydrogen-bond acceptors (Lipinski definition) is 2. The van der Waals surface area contributed by atoms with Gasteiger partial charge in [0.2, 0.25) is 0 Å². The Hall–Kier alpha value is -1.61. The van der Waals surface area contributed by atoms with E-state index in [2.05, 4.69) is 42.9 Å². The number of nitrogens with one attached hydrogen (secondary N) is 1. The average Bonchev–Trinajstić information content (AvgIpc) is 2.70. The normalized spacial score (nSPS) is 12.7. The topological polar surface area (TPSA) is 54.7 Å². The zero-order valence-corrected chi connectivity index (χ0v) is 11.5. The number of aryl methyl sites for hydroxylation is 3. The Balaban J connectivity index is 2.37. The molecule has 0 aliphatic heterocycles. The van der Waals surface area contributed by atoms with Crippen molar-refractivity contribution in [3.63, 3.8) is 0 Å². The highest BCUT2D eigenvalue weighted by Gasteiger charge is 2.08. The van der Waals surface area contributed by atoms with Crippen molar-refractivity contribution in [2.45, 2.75) is 40.2 Å². The minimum absolute atomic E-state index is 0.129. The van der Waals surface area contributed by atoms with Crippen molar-refractivity contribution in [1.82, 2.24) is 9.97 Å². The summed E-state index contributed by atoms with van der Waals surface area (Å²) >= 11 is 0. The molecule has 0 amide bonds. The molecule has 1 heterocycles. The summed E-state index contributed by atoms with van der Waals surface area (Å²) in [6.07, 6.45) is 2.68. The number of aromatic amines is 1. The molecule has 0 bridgehead atoms. The third kappa shape index (κ3) is 2.62. The number of aromatic nitrogens is 2. The Kier molecular flexibility index (Phi) is 3.53. The Morgan fingerprint density at radius 1 is 1.17 bits per heavy atom. The zero-order valence-electron chi connectivity index (χ0n) is 11.5. The molecule has 1 aromatic heterocycles. The second-order valence-corrected chi connectivity index (χ2v) is 5.18. The fraction of sp³-hybridized carbons (Fsp3) is 0.400. The summed E-state index contributed by atoms with van der Waals surface area (Å²) in [4.78, 5) is 7.75. The van der Waals surface area contributed by atoms with Gasteiger partial charge in [-0.15, -0.1) is 0 Å². The van der Waals surface area contributed by atoms with Crippen LogP contribution in [0.3, 0.4) is 0 Å². The number of benzene rings is 1. The molecule has 3 N–H and O–H groups in total. The van der Waals surface area contributed by atoms with Crippen LogP contribution in [0.2, 0.25) is 0 Å². The third-order valence-corrected chi connectivity index (χ3v) is 3.27. The van der Waals surface area contributed by atoms with E-state index in [9.17, 15) is 0 Å². The summed E-state index contributed by atoms with van der Waals surface area (Å²) < 4.78 is 0. The number of rotatable bonds is 3. The van der Waals surface area contributed by atoms with E-state index < -0.39 is 0 Å². The van der Waals surface area contributed by atoms with Gasteiger partial charge in [0, 0.05) is 18.0 Å². The van der Waals surface area contributed by atoms with Gasteiger partial charge < -0.3 is 10.7 Å². The molecule has 0 saturated heterocycles. The van der Waals surface area contributed by atoms with Gasteiger partial charge in [0.15, 0.2) is 0 Å². The highest BCUT2D eigenvalue weighted by Crippen LogP contribution is 2.25. The maximum atomic E-state index is 5.79. The summed E-state index contributed by atoms with van der Waals surface area (Å²) in [6, 6.07) is 4.56. The smallest absolute Gasteiger partial charge is 0.108 e. The number of H-pyrrole nitrogens is 1. The number of imidazole rings is 1. The average molecular weight is 243 g/mol. The fourth-order valence-corrected chi connectivity index (χ4v) is 2.16. The van der Waals surface area contributed by atoms with Gasteiger partial charge in [0.05, 0.1) is 11.9 Å². The van der Waals surface area contributed by atoms with E-state index in [0.29, 0.717) is 0 Å². The molecule has 2 aromatic rings. The third-order valence-electron chi connectivity index (χ3n) is 3.27. The maximum Gasteiger partial charge on any atom is 0.108 e. The molecule has 3 heteroatoms. The fourth-order valence-electron chi connectivity index (χ4n) is 2.16. The van der Waals surface area contributed by atoms with E-state index in [1.54, 1.807) is 0 Å². The Morgan fingerprint density at radius 3 is 2.50 bits per heavy atom. The van der Waals surface area contributed by atoms with Gasteiger partial charge in [-0.25, -0.2) is 4.98 Å². The van der Waals surface area contributed by atoms with Crippen LogP contribution in [0.4, 0.5) is 0 Å². The van der Waals surface area contributed by atoms with Crippen LogP contribution in [0.25, 0.3) is 11.3 Å². The summed E-state index contributed by atoms with van der Waals surface area (Å²) in [5, 5.41) is 0. The molecule has 1 atom stereocenters. The van der Waals surface area contributed by atoms with E-state index in [0.717, 1.165) is 17.9 Å². The molecule has 0 aliphatic rings. The van der Waals surface area contributed by atoms with Crippen molar-refractivity contribution in [2.24, 2.45) is 5.73 Å². The van der Waals surface area contributed by atoms with E-state index in [1.165, 1.54) is 22.3 Å². The van der Waals surface area contributed by atoms with Gasteiger partial charge in [-0.1, -0.05) is 6.07 Å². The van der Waals surface area contributed by atoms with Crippen molar-refractivity contribution in [3.05, 3.63) is 40.8 Å². The quantitative estimate of drug-likeness (QED) is 0.871. The van der Waals surface area contributed by atoms with Crippen LogP contribution in [-0.2, 0) is 6.42 Å². The number of nitrogens with two attached hydrogens (primary N) is 1. The molecular weight excluding hydrogens is 222 g/mol. The Labute approximate surface area is 108 Å². The molecule has 2 rings (SSSR count). The Morgan fingerprint density at radius 2 is 1.83 bits per heavy atom. The molecule has 1 aromatic carbocycles. The molecule has 96 valence electrons. The largest absolute Gasteiger partial charge is 0.342 e. The molecule has 3 nitrogen and oxygen atoms in total. The van der Waals surface area contributed by atoms with Gasteiger partial charge in [-0.3, -0.25) is 0 Å². The maximum absolute atomic E-state index is 5.79. The highest BCUT2D eigenvalue weighted by atomic mass is 14.9. The summed E-state index contributed by atoms with van der Waals surface area (Å²) in [5.41, 5.74) is 12.0. The van der Waals surface area contributed by atoms with Gasteiger partial charge in [-0.2, -0.15) is 0 Å². The highest BCUT2D eigenvalue weighted by molar-refractivity contribution is 5.65. The monoisotopic (exact) mass is 243 g/mol. The molecule has 0 fully saturated rings. The van der Waals surface area contributed by atoms with Crippen LogP contribution in [-0.4, -0.2) is 16.0 Å². The SMILES string of the molecule is Cc1cc(C)c(-c2cnc(CC(C)N)[nH]2)cc1C. The second-order valence-electron chi connectivity index (χ2n) is 5.18. The first kappa shape index (κ1) is 12.8. The number of nitrogens with zero attached hydrogens (tertiary/aromatic N) is 1. The lowest BCUT2D eigenvalue weighted by atomic mass is 9.99. The molecule has 1 unspecified atom stereocenters. The lowest BCUT2D eigenvalue weighted by Gasteiger charge is -2.08. The first-order chi connectivity index (χ1) is 8.47. The van der Waals surface area contributed by atoms with E-state index >= 15 is 0 Å². The van der Waals surface area contributed by atoms with E-state index in [1.807, 2.05) is 13.1 Å². The predicted molar refractivity (Wildman–Crippen MR) is 75.6 cm³/mol. The molecule has 0 radical (unpaired) electrons. The van der Waals surface area contributed by atoms with Crippen LogP contribution in [0.5, 0.6) is 0 Å². The summed E-state index contributed by atoms with van der Waals surface area (Å²) in [7, 11) is 0. The lowest BCUT2D eigenvalue weighted by molar-refractivity contribution is 0.710. The molecule has 0 spiro atoms. The summed E-state index contributed by atoms with van der Waals surface area (Å²) in [5.74, 6) is 0.956. The van der Waals surface area contributed by atoms with Gasteiger partial charge in [0.25, 0.3) is 0 Å². The van der Waals surface area contributed by atoms with E-state index in [4.69, 9.17) is 5.73 Å². The van der Waals surface area contributed by atoms with Crippen molar-refractivity contribution in [2.75, 3.05) is 0 Å². The predicted octanol–water partition coefficient (Wildman–Crippen LogP) is 2.89. The zero-order chi connectivity index (χ0) is 13.3. The minimum Gasteiger partial charge on any atom is -0.342 e. The van der Waals surface area contributed by atoms with E-state index in [-0.39, 0.29) is 6.04 Å². The van der Waals surface area contributed by atoms with Crippen molar-refractivity contribution in [3.8, 4) is 11.3 Å². The molecular formula is C15H21N3. The van der Waals surface area contributed by atoms with Crippen LogP contribution >= 0.6 is 0 Å². The van der Waals surface area contributed by atoms with Crippen LogP contribution in [0.15, 0.2) is 18.3 Å². The first-order valence-corrected chi connectivity index (χ1v) is 6.35. The minimum atomic E-state index is 0.129. The first-order valence-electron chi connectivity index (χ1n) is 6.35. The Bertz CT molecular complexity index is 553. The lowest BCUT2D eigenvalue weighted by Crippen LogP contribution is -2.18. The molecule has 18 heavy (non-hydrogen) atoms. The van der Waals surface area contributed by atoms with Crippen molar-refractivity contribution < 1.29 is 0 Å². The van der Waals surface area contributed by atoms with Crippen LogP contribution in [0, 0.1) is 20.8 Å². The van der Waals surface area contributed by atoms with Crippen molar-refractivity contribution >= 4 is 0 Å². The number of hydrogen-bond donors (Lipinski definition) is 2. The van der Waals surface area contributed by atoms with Crippen LogP contribution < -0.4 is 5.73 Å². The van der Waals surface area contributed by atoms with Crippen molar-refractivity contribution in [1.29, 1.82) is 0 Å². The summed E-state index contributed by atoms with van der Waals surface area (Å²) in [6.45, 7) is 8.40. The molecule has 0 aliphatic carbocycles. The standard InChI is InChI=1S/C15H21N3/c1-9-5-11(3)13(6-10(9)2)14-8-17-15(18-14)7-12(4)16/h5-6,8,12H,7,16H2,1-4H3,(H,17,18). The van der Waals surface area contributed by atoms with Gasteiger partial charge >= 0.3 is 0 Å². The molecule has 0 saturated carbocycles.